The molecule has 0 amide bonds. The van der Waals surface area contributed by atoms with Crippen LogP contribution in [0.5, 0.6) is 11.5 Å². The Labute approximate surface area is 118 Å². The highest BCUT2D eigenvalue weighted by Gasteiger charge is 2.33. The maximum absolute atomic E-state index is 12.9. The number of halogens is 4. The monoisotopic (exact) mass is 301 g/mol. The highest BCUT2D eigenvalue weighted by Crippen LogP contribution is 2.35. The van der Waals surface area contributed by atoms with E-state index in [1.54, 1.807) is 18.2 Å². The van der Waals surface area contributed by atoms with Crippen molar-refractivity contribution in [2.24, 2.45) is 5.73 Å². The van der Waals surface area contributed by atoms with Gasteiger partial charge in [0.25, 0.3) is 0 Å². The van der Waals surface area contributed by atoms with Crippen molar-refractivity contribution in [1.29, 1.82) is 0 Å². The molecule has 2 aromatic carbocycles. The quantitative estimate of drug-likeness (QED) is 0.898. The lowest BCUT2D eigenvalue weighted by Gasteiger charge is -2.14. The SMILES string of the molecule is NCc1ccc(Oc2cccc(Cl)c2)cc1C(F)(F)F. The van der Waals surface area contributed by atoms with Crippen molar-refractivity contribution in [1.82, 2.24) is 0 Å². The fourth-order valence-electron chi connectivity index (χ4n) is 1.73. The van der Waals surface area contributed by atoms with Gasteiger partial charge in [0, 0.05) is 11.6 Å². The summed E-state index contributed by atoms with van der Waals surface area (Å²) < 4.78 is 44.0. The first-order chi connectivity index (χ1) is 9.40. The Morgan fingerprint density at radius 2 is 1.75 bits per heavy atom. The molecule has 0 fully saturated rings. The first-order valence-electron chi connectivity index (χ1n) is 5.74. The molecule has 106 valence electrons. The predicted octanol–water partition coefficient (Wildman–Crippen LogP) is 4.61. The van der Waals surface area contributed by atoms with Gasteiger partial charge in [-0.25, -0.2) is 0 Å². The molecule has 0 spiro atoms. The molecule has 0 aliphatic carbocycles. The first kappa shape index (κ1) is 14.7. The van der Waals surface area contributed by atoms with Gasteiger partial charge < -0.3 is 10.5 Å². The third kappa shape index (κ3) is 3.43. The Morgan fingerprint density at radius 1 is 1.05 bits per heavy atom. The van der Waals surface area contributed by atoms with E-state index in [-0.39, 0.29) is 17.9 Å². The number of hydrogen-bond donors (Lipinski definition) is 1. The largest absolute Gasteiger partial charge is 0.457 e. The predicted molar refractivity (Wildman–Crippen MR) is 70.9 cm³/mol. The Kier molecular flexibility index (Phi) is 4.20. The standard InChI is InChI=1S/C14H11ClF3NO/c15-10-2-1-3-11(6-10)20-12-5-4-9(8-19)13(7-12)14(16,17)18/h1-7H,8,19H2. The van der Waals surface area contributed by atoms with E-state index in [2.05, 4.69) is 0 Å². The minimum absolute atomic E-state index is 0.0240. The minimum atomic E-state index is -4.47. The van der Waals surface area contributed by atoms with Crippen molar-refractivity contribution >= 4 is 11.6 Å². The number of benzene rings is 2. The number of alkyl halides is 3. The Morgan fingerprint density at radius 3 is 2.35 bits per heavy atom. The normalized spacial score (nSPS) is 11.4. The van der Waals surface area contributed by atoms with Crippen LogP contribution in [0.3, 0.4) is 0 Å². The van der Waals surface area contributed by atoms with Crippen LogP contribution in [-0.2, 0) is 12.7 Å². The molecular formula is C14H11ClF3NO. The molecule has 2 N–H and O–H groups in total. The molecule has 0 aromatic heterocycles. The molecule has 0 unspecified atom stereocenters. The molecular weight excluding hydrogens is 291 g/mol. The molecule has 0 atom stereocenters. The van der Waals surface area contributed by atoms with Gasteiger partial charge in [-0.05, 0) is 35.9 Å². The van der Waals surface area contributed by atoms with Gasteiger partial charge in [-0.15, -0.1) is 0 Å². The number of rotatable bonds is 3. The van der Waals surface area contributed by atoms with Crippen LogP contribution >= 0.6 is 11.6 Å². The lowest BCUT2D eigenvalue weighted by atomic mass is 10.1. The second-order valence-electron chi connectivity index (χ2n) is 4.08. The molecule has 2 aromatic rings. The van der Waals surface area contributed by atoms with E-state index in [1.165, 1.54) is 18.2 Å². The van der Waals surface area contributed by atoms with Crippen LogP contribution < -0.4 is 10.5 Å². The summed E-state index contributed by atoms with van der Waals surface area (Å²) in [7, 11) is 0. The van der Waals surface area contributed by atoms with Gasteiger partial charge in [-0.2, -0.15) is 13.2 Å². The molecule has 0 bridgehead atoms. The lowest BCUT2D eigenvalue weighted by molar-refractivity contribution is -0.138. The molecule has 0 aliphatic rings. The summed E-state index contributed by atoms with van der Waals surface area (Å²) >= 11 is 5.79. The van der Waals surface area contributed by atoms with Gasteiger partial charge in [0.2, 0.25) is 0 Å². The van der Waals surface area contributed by atoms with Gasteiger partial charge in [0.05, 0.1) is 5.56 Å². The van der Waals surface area contributed by atoms with Crippen LogP contribution in [0.25, 0.3) is 0 Å². The maximum Gasteiger partial charge on any atom is 0.416 e. The van der Waals surface area contributed by atoms with Crippen molar-refractivity contribution < 1.29 is 17.9 Å². The van der Waals surface area contributed by atoms with E-state index in [0.29, 0.717) is 10.8 Å². The van der Waals surface area contributed by atoms with E-state index in [1.807, 2.05) is 0 Å². The van der Waals surface area contributed by atoms with Gasteiger partial charge in [-0.1, -0.05) is 23.7 Å². The molecule has 20 heavy (non-hydrogen) atoms. The minimum Gasteiger partial charge on any atom is -0.457 e. The highest BCUT2D eigenvalue weighted by molar-refractivity contribution is 6.30. The zero-order valence-electron chi connectivity index (χ0n) is 10.2. The third-order valence-electron chi connectivity index (χ3n) is 2.64. The molecule has 2 nitrogen and oxygen atoms in total. The number of hydrogen-bond acceptors (Lipinski definition) is 2. The van der Waals surface area contributed by atoms with E-state index >= 15 is 0 Å². The zero-order chi connectivity index (χ0) is 14.8. The summed E-state index contributed by atoms with van der Waals surface area (Å²) in [6, 6.07) is 10.1. The van der Waals surface area contributed by atoms with Crippen LogP contribution in [0, 0.1) is 0 Å². The van der Waals surface area contributed by atoms with Crippen LogP contribution in [0.1, 0.15) is 11.1 Å². The van der Waals surface area contributed by atoms with Crippen molar-refractivity contribution in [2.45, 2.75) is 12.7 Å². The fourth-order valence-corrected chi connectivity index (χ4v) is 1.91. The van der Waals surface area contributed by atoms with E-state index in [4.69, 9.17) is 22.1 Å². The Balaban J connectivity index is 2.34. The first-order valence-corrected chi connectivity index (χ1v) is 6.11. The molecule has 0 saturated carbocycles. The Hall–Kier alpha value is -1.72. The van der Waals surface area contributed by atoms with Crippen LogP contribution in [-0.4, -0.2) is 0 Å². The molecule has 2 rings (SSSR count). The average Bonchev–Trinajstić information content (AvgIpc) is 2.37. The number of ether oxygens (including phenoxy) is 1. The number of nitrogens with two attached hydrogens (primary N) is 1. The van der Waals surface area contributed by atoms with E-state index in [0.717, 1.165) is 6.07 Å². The van der Waals surface area contributed by atoms with Crippen molar-refractivity contribution in [2.75, 3.05) is 0 Å². The van der Waals surface area contributed by atoms with E-state index < -0.39 is 11.7 Å². The van der Waals surface area contributed by atoms with Crippen LogP contribution in [0.15, 0.2) is 42.5 Å². The summed E-state index contributed by atoms with van der Waals surface area (Å²) in [5.74, 6) is 0.447. The summed E-state index contributed by atoms with van der Waals surface area (Å²) in [4.78, 5) is 0. The average molecular weight is 302 g/mol. The summed E-state index contributed by atoms with van der Waals surface area (Å²) in [5.41, 5.74) is 4.54. The Bertz CT molecular complexity index is 614. The van der Waals surface area contributed by atoms with Crippen LogP contribution in [0.2, 0.25) is 5.02 Å². The van der Waals surface area contributed by atoms with Gasteiger partial charge >= 0.3 is 6.18 Å². The molecule has 6 heteroatoms. The summed E-state index contributed by atoms with van der Waals surface area (Å²) in [5, 5.41) is 0.442. The summed E-state index contributed by atoms with van der Waals surface area (Å²) in [6.07, 6.45) is -4.47. The second kappa shape index (κ2) is 5.73. The van der Waals surface area contributed by atoms with Gasteiger partial charge in [0.15, 0.2) is 0 Å². The molecule has 0 aliphatic heterocycles. The maximum atomic E-state index is 12.9. The summed E-state index contributed by atoms with van der Waals surface area (Å²) in [6.45, 7) is -0.188. The van der Waals surface area contributed by atoms with Crippen molar-refractivity contribution in [3.63, 3.8) is 0 Å². The van der Waals surface area contributed by atoms with Crippen molar-refractivity contribution in [3.05, 3.63) is 58.6 Å². The zero-order valence-corrected chi connectivity index (χ0v) is 11.0. The van der Waals surface area contributed by atoms with Gasteiger partial charge in [-0.3, -0.25) is 0 Å². The molecule has 0 saturated heterocycles. The topological polar surface area (TPSA) is 35.2 Å². The molecule has 0 radical (unpaired) electrons. The lowest BCUT2D eigenvalue weighted by Crippen LogP contribution is -2.11. The highest BCUT2D eigenvalue weighted by atomic mass is 35.5. The van der Waals surface area contributed by atoms with Gasteiger partial charge in [0.1, 0.15) is 11.5 Å². The molecule has 0 heterocycles. The van der Waals surface area contributed by atoms with Crippen LogP contribution in [0.4, 0.5) is 13.2 Å². The van der Waals surface area contributed by atoms with E-state index in [9.17, 15) is 13.2 Å². The smallest absolute Gasteiger partial charge is 0.416 e. The second-order valence-corrected chi connectivity index (χ2v) is 4.52. The van der Waals surface area contributed by atoms with Crippen molar-refractivity contribution in [3.8, 4) is 11.5 Å². The third-order valence-corrected chi connectivity index (χ3v) is 2.87. The fraction of sp³-hybridized carbons (Fsp3) is 0.143.